The number of nitrogens with one attached hydrogen (secondary N) is 2. The van der Waals surface area contributed by atoms with Crippen molar-refractivity contribution in [1.29, 1.82) is 0 Å². The highest BCUT2D eigenvalue weighted by Gasteiger charge is 2.25. The molecule has 1 saturated carbocycles. The molecule has 2 N–H and O–H groups in total. The van der Waals surface area contributed by atoms with E-state index < -0.39 is 0 Å². The summed E-state index contributed by atoms with van der Waals surface area (Å²) in [6, 6.07) is 0. The summed E-state index contributed by atoms with van der Waals surface area (Å²) in [5.41, 5.74) is 0. The summed E-state index contributed by atoms with van der Waals surface area (Å²) < 4.78 is 1.47. The molecule has 2 heterocycles. The van der Waals surface area contributed by atoms with Crippen LogP contribution in [0.1, 0.15) is 19.3 Å². The molecule has 0 unspecified atom stereocenters. The molecule has 2 amide bonds. The molecule has 0 radical (unpaired) electrons. The number of hydrogen-bond donors (Lipinski definition) is 2. The second-order valence-corrected chi connectivity index (χ2v) is 5.55. The summed E-state index contributed by atoms with van der Waals surface area (Å²) >= 11 is 0. The van der Waals surface area contributed by atoms with E-state index in [1.165, 1.54) is 4.68 Å². The molecule has 1 aliphatic carbocycles. The number of aromatic nitrogens is 3. The minimum atomic E-state index is 0.00160. The standard InChI is InChI=1S/C13H20N6O2/c20-12(18-6-4-14-5-7-18)9-19-8-11(16-17-19)15-13(21)10-2-1-3-10/h8,10,14H,1-7,9H2,(H,15,21). The van der Waals surface area contributed by atoms with E-state index in [2.05, 4.69) is 20.9 Å². The largest absolute Gasteiger partial charge is 0.339 e. The molecule has 8 nitrogen and oxygen atoms in total. The van der Waals surface area contributed by atoms with Gasteiger partial charge in [0.25, 0.3) is 0 Å². The molecular formula is C13H20N6O2. The van der Waals surface area contributed by atoms with Crippen LogP contribution in [0.2, 0.25) is 0 Å². The zero-order chi connectivity index (χ0) is 14.7. The Bertz CT molecular complexity index is 518. The Balaban J connectivity index is 1.52. The first-order valence-electron chi connectivity index (χ1n) is 7.42. The highest BCUT2D eigenvalue weighted by Crippen LogP contribution is 2.27. The Morgan fingerprint density at radius 3 is 2.76 bits per heavy atom. The zero-order valence-electron chi connectivity index (χ0n) is 11.9. The number of piperazine rings is 1. The van der Waals surface area contributed by atoms with Crippen molar-refractivity contribution in [3.63, 3.8) is 0 Å². The van der Waals surface area contributed by atoms with Crippen LogP contribution in [0, 0.1) is 5.92 Å². The lowest BCUT2D eigenvalue weighted by molar-refractivity contribution is -0.132. The number of rotatable bonds is 4. The summed E-state index contributed by atoms with van der Waals surface area (Å²) in [4.78, 5) is 25.7. The fraction of sp³-hybridized carbons (Fsp3) is 0.692. The number of carbonyl (C=O) groups excluding carboxylic acids is 2. The molecule has 1 aromatic heterocycles. The van der Waals surface area contributed by atoms with Gasteiger partial charge in [-0.2, -0.15) is 0 Å². The summed E-state index contributed by atoms with van der Waals surface area (Å²) in [7, 11) is 0. The maximum Gasteiger partial charge on any atom is 0.244 e. The first kappa shape index (κ1) is 14.0. The van der Waals surface area contributed by atoms with Crippen LogP contribution in [0.3, 0.4) is 0 Å². The predicted octanol–water partition coefficient (Wildman–Crippen LogP) is -0.551. The molecule has 0 bridgehead atoms. The average Bonchev–Trinajstić information content (AvgIpc) is 2.84. The van der Waals surface area contributed by atoms with E-state index in [0.29, 0.717) is 5.82 Å². The average molecular weight is 292 g/mol. The quantitative estimate of drug-likeness (QED) is 0.777. The van der Waals surface area contributed by atoms with Crippen LogP contribution in [0.5, 0.6) is 0 Å². The number of hydrogen-bond acceptors (Lipinski definition) is 5. The van der Waals surface area contributed by atoms with Crippen LogP contribution < -0.4 is 10.6 Å². The predicted molar refractivity (Wildman–Crippen MR) is 75.4 cm³/mol. The molecule has 3 rings (SSSR count). The highest BCUT2D eigenvalue weighted by molar-refractivity contribution is 5.92. The Morgan fingerprint density at radius 2 is 2.10 bits per heavy atom. The maximum absolute atomic E-state index is 12.1. The van der Waals surface area contributed by atoms with Crippen molar-refractivity contribution in [3.05, 3.63) is 6.20 Å². The highest BCUT2D eigenvalue weighted by atomic mass is 16.2. The zero-order valence-corrected chi connectivity index (χ0v) is 11.9. The number of amides is 2. The first-order chi connectivity index (χ1) is 10.2. The van der Waals surface area contributed by atoms with Crippen LogP contribution in [0.25, 0.3) is 0 Å². The second kappa shape index (κ2) is 6.21. The van der Waals surface area contributed by atoms with Crippen molar-refractivity contribution in [1.82, 2.24) is 25.2 Å². The van der Waals surface area contributed by atoms with Gasteiger partial charge >= 0.3 is 0 Å². The van der Waals surface area contributed by atoms with Crippen molar-refractivity contribution in [2.75, 3.05) is 31.5 Å². The summed E-state index contributed by atoms with van der Waals surface area (Å²) in [5, 5.41) is 13.7. The van der Waals surface area contributed by atoms with Crippen LogP contribution in [0.4, 0.5) is 5.82 Å². The van der Waals surface area contributed by atoms with Gasteiger partial charge in [-0.1, -0.05) is 11.6 Å². The fourth-order valence-corrected chi connectivity index (χ4v) is 2.48. The van der Waals surface area contributed by atoms with E-state index in [1.54, 1.807) is 6.20 Å². The normalized spacial score (nSPS) is 19.1. The van der Waals surface area contributed by atoms with Crippen LogP contribution in [-0.2, 0) is 16.1 Å². The Labute approximate surface area is 122 Å². The Hall–Kier alpha value is -1.96. The maximum atomic E-state index is 12.1. The lowest BCUT2D eigenvalue weighted by Crippen LogP contribution is -2.47. The second-order valence-electron chi connectivity index (χ2n) is 5.55. The molecule has 8 heteroatoms. The third kappa shape index (κ3) is 3.38. The van der Waals surface area contributed by atoms with Gasteiger partial charge < -0.3 is 15.5 Å². The summed E-state index contributed by atoms with van der Waals surface area (Å²) in [6.45, 7) is 3.25. The molecule has 1 aromatic rings. The lowest BCUT2D eigenvalue weighted by atomic mass is 9.85. The third-order valence-electron chi connectivity index (χ3n) is 4.03. The van der Waals surface area contributed by atoms with E-state index >= 15 is 0 Å². The SMILES string of the molecule is O=C(Nc1cn(CC(=O)N2CCNCC2)nn1)C1CCC1. The molecular weight excluding hydrogens is 272 g/mol. The van der Waals surface area contributed by atoms with E-state index in [4.69, 9.17) is 0 Å². The van der Waals surface area contributed by atoms with Crippen LogP contribution >= 0.6 is 0 Å². The first-order valence-corrected chi connectivity index (χ1v) is 7.42. The van der Waals surface area contributed by atoms with Gasteiger partial charge in [0.1, 0.15) is 6.54 Å². The van der Waals surface area contributed by atoms with Gasteiger partial charge in [0.15, 0.2) is 5.82 Å². The number of carbonyl (C=O) groups is 2. The Morgan fingerprint density at radius 1 is 1.33 bits per heavy atom. The van der Waals surface area contributed by atoms with E-state index in [9.17, 15) is 9.59 Å². The molecule has 21 heavy (non-hydrogen) atoms. The summed E-state index contributed by atoms with van der Waals surface area (Å²) in [5.74, 6) is 0.553. The molecule has 2 aliphatic rings. The van der Waals surface area contributed by atoms with Gasteiger partial charge in [0.2, 0.25) is 11.8 Å². The minimum absolute atomic E-state index is 0.00160. The monoisotopic (exact) mass is 292 g/mol. The van der Waals surface area contributed by atoms with Gasteiger partial charge in [-0.3, -0.25) is 9.59 Å². The molecule has 0 aromatic carbocycles. The van der Waals surface area contributed by atoms with Crippen molar-refractivity contribution in [2.24, 2.45) is 5.92 Å². The van der Waals surface area contributed by atoms with Crippen molar-refractivity contribution in [3.8, 4) is 0 Å². The van der Waals surface area contributed by atoms with Gasteiger partial charge in [-0.25, -0.2) is 4.68 Å². The lowest BCUT2D eigenvalue weighted by Gasteiger charge is -2.27. The summed E-state index contributed by atoms with van der Waals surface area (Å²) in [6.07, 6.45) is 4.61. The molecule has 114 valence electrons. The molecule has 1 aliphatic heterocycles. The van der Waals surface area contributed by atoms with Crippen molar-refractivity contribution < 1.29 is 9.59 Å². The molecule has 2 fully saturated rings. The van der Waals surface area contributed by atoms with Gasteiger partial charge in [0.05, 0.1) is 6.20 Å². The van der Waals surface area contributed by atoms with Crippen molar-refractivity contribution >= 4 is 17.6 Å². The van der Waals surface area contributed by atoms with Crippen LogP contribution in [0.15, 0.2) is 6.20 Å². The smallest absolute Gasteiger partial charge is 0.244 e. The van der Waals surface area contributed by atoms with Crippen molar-refractivity contribution in [2.45, 2.75) is 25.8 Å². The fourth-order valence-electron chi connectivity index (χ4n) is 2.48. The topological polar surface area (TPSA) is 92.2 Å². The molecule has 0 spiro atoms. The van der Waals surface area contributed by atoms with E-state index in [0.717, 1.165) is 45.4 Å². The molecule has 0 atom stereocenters. The molecule has 1 saturated heterocycles. The van der Waals surface area contributed by atoms with Gasteiger partial charge in [0, 0.05) is 32.1 Å². The van der Waals surface area contributed by atoms with Gasteiger partial charge in [-0.15, -0.1) is 5.10 Å². The van der Waals surface area contributed by atoms with E-state index in [1.807, 2.05) is 4.90 Å². The van der Waals surface area contributed by atoms with Crippen LogP contribution in [-0.4, -0.2) is 57.9 Å². The Kier molecular flexibility index (Phi) is 4.14. The number of anilines is 1. The van der Waals surface area contributed by atoms with Gasteiger partial charge in [-0.05, 0) is 12.8 Å². The number of nitrogens with zero attached hydrogens (tertiary/aromatic N) is 4. The minimum Gasteiger partial charge on any atom is -0.339 e. The van der Waals surface area contributed by atoms with E-state index in [-0.39, 0.29) is 24.3 Å². The third-order valence-corrected chi connectivity index (χ3v) is 4.03.